The Balaban J connectivity index is 1.75. The Morgan fingerprint density at radius 1 is 1.18 bits per heavy atom. The van der Waals surface area contributed by atoms with Gasteiger partial charge in [-0.15, -0.1) is 0 Å². The molecule has 1 fully saturated rings. The second-order valence-corrected chi connectivity index (χ2v) is 11.3. The molecule has 1 saturated heterocycles. The lowest BCUT2D eigenvalue weighted by atomic mass is 10.0. The molecule has 1 aliphatic heterocycles. The molecule has 0 radical (unpaired) electrons. The second kappa shape index (κ2) is 9.21. The second-order valence-electron chi connectivity index (χ2n) is 9.16. The van der Waals surface area contributed by atoms with E-state index in [1.54, 1.807) is 17.8 Å². The van der Waals surface area contributed by atoms with E-state index in [0.717, 1.165) is 23.0 Å². The zero-order chi connectivity index (χ0) is 24.5. The zero-order valence-corrected chi connectivity index (χ0v) is 20.2. The van der Waals surface area contributed by atoms with E-state index in [4.69, 9.17) is 0 Å². The molecular weight excluding hydrogens is 458 g/mol. The molecule has 182 valence electrons. The van der Waals surface area contributed by atoms with Crippen LogP contribution in [0.1, 0.15) is 38.7 Å². The van der Waals surface area contributed by atoms with Gasteiger partial charge in [0.05, 0.1) is 29.9 Å². The molecule has 0 aliphatic carbocycles. The standard InChI is InChI=1S/C23H29N5O5S/c1-3-4-11-26-16-24-20-19(26)21(30)28(22(31)27(20)13-17-8-6-5-7-9-17)14-18(29)25-23(2)10-12-34(32,33)15-23/h5-9,16H,3-4,10-15H2,1-2H3,(H,25,29)/t23-/m1/s1. The van der Waals surface area contributed by atoms with Crippen molar-refractivity contribution in [2.24, 2.45) is 0 Å². The highest BCUT2D eigenvalue weighted by Gasteiger charge is 2.39. The first-order chi connectivity index (χ1) is 16.1. The van der Waals surface area contributed by atoms with Crippen molar-refractivity contribution in [1.29, 1.82) is 0 Å². The Kier molecular flexibility index (Phi) is 6.48. The van der Waals surface area contributed by atoms with Gasteiger partial charge in [-0.1, -0.05) is 43.7 Å². The summed E-state index contributed by atoms with van der Waals surface area (Å²) in [7, 11) is -3.23. The molecule has 3 heterocycles. The zero-order valence-electron chi connectivity index (χ0n) is 19.4. The molecule has 0 spiro atoms. The van der Waals surface area contributed by atoms with Crippen LogP contribution in [-0.2, 0) is 34.3 Å². The molecule has 10 nitrogen and oxygen atoms in total. The van der Waals surface area contributed by atoms with Crippen LogP contribution in [0.5, 0.6) is 0 Å². The molecule has 1 atom stereocenters. The number of fused-ring (bicyclic) bond motifs is 1. The third-order valence-electron chi connectivity index (χ3n) is 6.17. The fraction of sp³-hybridized carbons (Fsp3) is 0.478. The van der Waals surface area contributed by atoms with Gasteiger partial charge in [0.15, 0.2) is 21.0 Å². The molecule has 1 aromatic carbocycles. The molecule has 1 N–H and O–H groups in total. The van der Waals surface area contributed by atoms with E-state index in [-0.39, 0.29) is 35.6 Å². The smallest absolute Gasteiger partial charge is 0.333 e. The summed E-state index contributed by atoms with van der Waals surface area (Å²) in [5, 5.41) is 2.73. The summed E-state index contributed by atoms with van der Waals surface area (Å²) < 4.78 is 27.8. The van der Waals surface area contributed by atoms with Crippen molar-refractivity contribution >= 4 is 26.9 Å². The largest absolute Gasteiger partial charge is 0.348 e. The van der Waals surface area contributed by atoms with E-state index in [0.29, 0.717) is 6.54 Å². The lowest BCUT2D eigenvalue weighted by Gasteiger charge is -2.24. The molecule has 4 rings (SSSR count). The number of carbonyl (C=O) groups excluding carboxylic acids is 1. The van der Waals surface area contributed by atoms with Gasteiger partial charge in [0, 0.05) is 6.54 Å². The van der Waals surface area contributed by atoms with Gasteiger partial charge >= 0.3 is 5.69 Å². The van der Waals surface area contributed by atoms with Crippen LogP contribution >= 0.6 is 0 Å². The fourth-order valence-electron chi connectivity index (χ4n) is 4.41. The molecule has 1 aliphatic rings. The van der Waals surface area contributed by atoms with Gasteiger partial charge in [-0.3, -0.25) is 14.2 Å². The molecule has 3 aromatic rings. The molecule has 11 heteroatoms. The molecule has 1 amide bonds. The molecule has 0 unspecified atom stereocenters. The minimum Gasteiger partial charge on any atom is -0.348 e. The Hall–Kier alpha value is -3.21. The van der Waals surface area contributed by atoms with Crippen LogP contribution in [-0.4, -0.2) is 50.1 Å². The molecule has 2 aromatic heterocycles. The lowest BCUT2D eigenvalue weighted by molar-refractivity contribution is -0.123. The number of hydrogen-bond donors (Lipinski definition) is 1. The summed E-state index contributed by atoms with van der Waals surface area (Å²) >= 11 is 0. The first-order valence-corrected chi connectivity index (χ1v) is 13.2. The number of aromatic nitrogens is 4. The Morgan fingerprint density at radius 2 is 1.91 bits per heavy atom. The predicted octanol–water partition coefficient (Wildman–Crippen LogP) is 0.902. The van der Waals surface area contributed by atoms with Crippen LogP contribution in [0.15, 0.2) is 46.2 Å². The quantitative estimate of drug-likeness (QED) is 0.503. The van der Waals surface area contributed by atoms with Crippen molar-refractivity contribution in [3.05, 3.63) is 63.1 Å². The average Bonchev–Trinajstić information content (AvgIpc) is 3.33. The highest BCUT2D eigenvalue weighted by Crippen LogP contribution is 2.22. The van der Waals surface area contributed by atoms with E-state index in [1.807, 2.05) is 37.3 Å². The van der Waals surface area contributed by atoms with Crippen LogP contribution in [0.2, 0.25) is 0 Å². The van der Waals surface area contributed by atoms with Crippen LogP contribution in [0.25, 0.3) is 11.2 Å². The number of imidazole rings is 1. The van der Waals surface area contributed by atoms with Crippen LogP contribution in [0, 0.1) is 0 Å². The number of sulfone groups is 1. The summed E-state index contributed by atoms with van der Waals surface area (Å²) in [6.07, 6.45) is 3.59. The number of benzene rings is 1. The average molecular weight is 488 g/mol. The first kappa shape index (κ1) is 23.9. The number of nitrogens with one attached hydrogen (secondary N) is 1. The number of amides is 1. The van der Waals surface area contributed by atoms with Gasteiger partial charge in [0.2, 0.25) is 5.91 Å². The van der Waals surface area contributed by atoms with Gasteiger partial charge in [0.25, 0.3) is 5.56 Å². The third kappa shape index (κ3) is 4.84. The molecule has 0 bridgehead atoms. The number of rotatable bonds is 8. The molecular formula is C23H29N5O5S. The van der Waals surface area contributed by atoms with Gasteiger partial charge in [-0.05, 0) is 25.3 Å². The minimum atomic E-state index is -3.23. The maximum Gasteiger partial charge on any atom is 0.333 e. The van der Waals surface area contributed by atoms with Crippen molar-refractivity contribution in [2.75, 3.05) is 11.5 Å². The number of aryl methyl sites for hydroxylation is 1. The highest BCUT2D eigenvalue weighted by atomic mass is 32.2. The van der Waals surface area contributed by atoms with Crippen LogP contribution < -0.4 is 16.6 Å². The van der Waals surface area contributed by atoms with Gasteiger partial charge < -0.3 is 9.88 Å². The maximum absolute atomic E-state index is 13.4. The summed E-state index contributed by atoms with van der Waals surface area (Å²) in [5.41, 5.74) is -0.742. The number of nitrogens with zero attached hydrogens (tertiary/aromatic N) is 4. The molecule has 0 saturated carbocycles. The van der Waals surface area contributed by atoms with Crippen molar-refractivity contribution in [1.82, 2.24) is 24.0 Å². The number of hydrogen-bond acceptors (Lipinski definition) is 6. The van der Waals surface area contributed by atoms with Crippen molar-refractivity contribution in [3.63, 3.8) is 0 Å². The van der Waals surface area contributed by atoms with Gasteiger partial charge in [0.1, 0.15) is 6.54 Å². The van der Waals surface area contributed by atoms with Crippen molar-refractivity contribution < 1.29 is 13.2 Å². The topological polar surface area (TPSA) is 125 Å². The van der Waals surface area contributed by atoms with E-state index >= 15 is 0 Å². The Morgan fingerprint density at radius 3 is 2.56 bits per heavy atom. The normalized spacial score (nSPS) is 19.5. The predicted molar refractivity (Wildman–Crippen MR) is 129 cm³/mol. The molecule has 34 heavy (non-hydrogen) atoms. The summed E-state index contributed by atoms with van der Waals surface area (Å²) in [4.78, 5) is 44.0. The van der Waals surface area contributed by atoms with Crippen LogP contribution in [0.3, 0.4) is 0 Å². The first-order valence-electron chi connectivity index (χ1n) is 11.4. The Bertz CT molecular complexity index is 1440. The SMILES string of the molecule is CCCCn1cnc2c1c(=O)n(CC(=O)N[C@]1(C)CCS(=O)(=O)C1)c(=O)n2Cc1ccccc1. The van der Waals surface area contributed by atoms with Crippen molar-refractivity contribution in [3.8, 4) is 0 Å². The van der Waals surface area contributed by atoms with Crippen LogP contribution in [0.4, 0.5) is 0 Å². The maximum atomic E-state index is 13.4. The number of unbranched alkanes of at least 4 members (excludes halogenated alkanes) is 1. The highest BCUT2D eigenvalue weighted by molar-refractivity contribution is 7.91. The lowest BCUT2D eigenvalue weighted by Crippen LogP contribution is -2.51. The van der Waals surface area contributed by atoms with E-state index < -0.39 is 39.1 Å². The monoisotopic (exact) mass is 487 g/mol. The van der Waals surface area contributed by atoms with Gasteiger partial charge in [-0.25, -0.2) is 22.8 Å². The fourth-order valence-corrected chi connectivity index (χ4v) is 6.51. The number of carbonyl (C=O) groups is 1. The van der Waals surface area contributed by atoms with E-state index in [9.17, 15) is 22.8 Å². The van der Waals surface area contributed by atoms with E-state index in [2.05, 4.69) is 10.3 Å². The van der Waals surface area contributed by atoms with Gasteiger partial charge in [-0.2, -0.15) is 0 Å². The summed E-state index contributed by atoms with van der Waals surface area (Å²) in [5.74, 6) is -0.748. The Labute approximate surface area is 197 Å². The van der Waals surface area contributed by atoms with E-state index in [1.165, 1.54) is 4.57 Å². The minimum absolute atomic E-state index is 0.00379. The summed E-state index contributed by atoms with van der Waals surface area (Å²) in [6, 6.07) is 9.33. The third-order valence-corrected chi connectivity index (χ3v) is 8.07. The van der Waals surface area contributed by atoms with Crippen molar-refractivity contribution in [2.45, 2.75) is 58.3 Å². The summed E-state index contributed by atoms with van der Waals surface area (Å²) in [6.45, 7) is 3.95.